The second-order valence-electron chi connectivity index (χ2n) is 4.62. The molecule has 1 N–H and O–H groups in total. The van der Waals surface area contributed by atoms with Crippen molar-refractivity contribution >= 4 is 23.3 Å². The van der Waals surface area contributed by atoms with E-state index in [1.165, 1.54) is 18.3 Å². The summed E-state index contributed by atoms with van der Waals surface area (Å²) < 4.78 is 5.38. The van der Waals surface area contributed by atoms with E-state index in [0.29, 0.717) is 6.61 Å². The molecule has 0 saturated carbocycles. The third-order valence-electron chi connectivity index (χ3n) is 2.47. The van der Waals surface area contributed by atoms with Crippen molar-refractivity contribution in [1.29, 1.82) is 0 Å². The lowest BCUT2D eigenvalue weighted by Crippen LogP contribution is -2.26. The molecular formula is C12H16N4O5. The summed E-state index contributed by atoms with van der Waals surface area (Å²) in [5.41, 5.74) is 1.16. The molecule has 0 atom stereocenters. The Morgan fingerprint density at radius 1 is 1.33 bits per heavy atom. The molecule has 1 aromatic carbocycles. The standard InChI is InChI=1S/C12H16N4O5/c1-4-21-12(2,3)8-13-14-10-6-5-9(15(17)18)7-11(10)16(19)20/h5-8,14H,4H2,1-3H3/b13-8+. The van der Waals surface area contributed by atoms with Gasteiger partial charge in [0.15, 0.2) is 0 Å². The predicted molar refractivity (Wildman–Crippen MR) is 77.6 cm³/mol. The monoisotopic (exact) mass is 296 g/mol. The van der Waals surface area contributed by atoms with Gasteiger partial charge in [-0.2, -0.15) is 5.10 Å². The molecule has 9 nitrogen and oxygen atoms in total. The van der Waals surface area contributed by atoms with Crippen molar-refractivity contribution in [3.63, 3.8) is 0 Å². The number of hydrogen-bond donors (Lipinski definition) is 1. The quantitative estimate of drug-likeness (QED) is 0.469. The summed E-state index contributed by atoms with van der Waals surface area (Å²) >= 11 is 0. The molecule has 0 heterocycles. The maximum absolute atomic E-state index is 10.9. The van der Waals surface area contributed by atoms with Crippen molar-refractivity contribution in [1.82, 2.24) is 0 Å². The third kappa shape index (κ3) is 4.80. The summed E-state index contributed by atoms with van der Waals surface area (Å²) in [6, 6.07) is 3.28. The minimum atomic E-state index is -0.710. The zero-order valence-electron chi connectivity index (χ0n) is 11.9. The zero-order valence-corrected chi connectivity index (χ0v) is 11.9. The van der Waals surface area contributed by atoms with Gasteiger partial charge < -0.3 is 4.74 Å². The van der Waals surface area contributed by atoms with E-state index in [1.807, 2.05) is 6.92 Å². The van der Waals surface area contributed by atoms with Gasteiger partial charge in [-0.25, -0.2) is 0 Å². The molecule has 0 unspecified atom stereocenters. The van der Waals surface area contributed by atoms with Crippen LogP contribution in [0.1, 0.15) is 20.8 Å². The van der Waals surface area contributed by atoms with Crippen LogP contribution in [-0.4, -0.2) is 28.3 Å². The van der Waals surface area contributed by atoms with E-state index >= 15 is 0 Å². The normalized spacial score (nSPS) is 11.6. The van der Waals surface area contributed by atoms with Crippen LogP contribution < -0.4 is 5.43 Å². The zero-order chi connectivity index (χ0) is 16.0. The maximum Gasteiger partial charge on any atom is 0.301 e. The summed E-state index contributed by atoms with van der Waals surface area (Å²) in [5.74, 6) is 0. The maximum atomic E-state index is 10.9. The number of nitrogens with one attached hydrogen (secondary N) is 1. The summed E-state index contributed by atoms with van der Waals surface area (Å²) in [4.78, 5) is 20.1. The van der Waals surface area contributed by atoms with Crippen LogP contribution in [0.25, 0.3) is 0 Å². The second kappa shape index (κ2) is 6.75. The molecule has 0 amide bonds. The molecule has 0 aliphatic carbocycles. The first-order valence-corrected chi connectivity index (χ1v) is 6.14. The highest BCUT2D eigenvalue weighted by Crippen LogP contribution is 2.28. The van der Waals surface area contributed by atoms with Crippen LogP contribution in [0.4, 0.5) is 17.1 Å². The summed E-state index contributed by atoms with van der Waals surface area (Å²) in [6.45, 7) is 5.90. The van der Waals surface area contributed by atoms with Crippen LogP contribution >= 0.6 is 0 Å². The summed E-state index contributed by atoms with van der Waals surface area (Å²) in [7, 11) is 0. The fraction of sp³-hybridized carbons (Fsp3) is 0.417. The lowest BCUT2D eigenvalue weighted by atomic mass is 10.2. The first kappa shape index (κ1) is 16.5. The van der Waals surface area contributed by atoms with E-state index in [4.69, 9.17) is 4.74 Å². The molecule has 0 radical (unpaired) electrons. The van der Waals surface area contributed by atoms with Gasteiger partial charge in [-0.05, 0) is 26.8 Å². The van der Waals surface area contributed by atoms with Crippen LogP contribution in [0.5, 0.6) is 0 Å². The molecule has 0 aliphatic rings. The van der Waals surface area contributed by atoms with Gasteiger partial charge in [-0.3, -0.25) is 25.7 Å². The van der Waals surface area contributed by atoms with Crippen molar-refractivity contribution in [3.8, 4) is 0 Å². The van der Waals surface area contributed by atoms with Gasteiger partial charge in [0.1, 0.15) is 5.69 Å². The fourth-order valence-corrected chi connectivity index (χ4v) is 1.55. The highest BCUT2D eigenvalue weighted by Gasteiger charge is 2.19. The van der Waals surface area contributed by atoms with Gasteiger partial charge in [0, 0.05) is 12.7 Å². The number of nitro benzene ring substituents is 2. The highest BCUT2D eigenvalue weighted by molar-refractivity contribution is 5.71. The third-order valence-corrected chi connectivity index (χ3v) is 2.47. The van der Waals surface area contributed by atoms with E-state index in [-0.39, 0.29) is 11.4 Å². The van der Waals surface area contributed by atoms with E-state index < -0.39 is 21.1 Å². The van der Waals surface area contributed by atoms with E-state index in [9.17, 15) is 20.2 Å². The van der Waals surface area contributed by atoms with Gasteiger partial charge in [0.2, 0.25) is 0 Å². The van der Waals surface area contributed by atoms with Gasteiger partial charge in [-0.1, -0.05) is 0 Å². The molecule has 114 valence electrons. The highest BCUT2D eigenvalue weighted by atomic mass is 16.6. The van der Waals surface area contributed by atoms with Crippen molar-refractivity contribution in [2.45, 2.75) is 26.4 Å². The number of ether oxygens (including phenoxy) is 1. The molecule has 21 heavy (non-hydrogen) atoms. The van der Waals surface area contributed by atoms with Gasteiger partial charge in [0.25, 0.3) is 5.69 Å². The Morgan fingerprint density at radius 3 is 2.52 bits per heavy atom. The molecule has 0 aliphatic heterocycles. The number of hydrazone groups is 1. The SMILES string of the molecule is CCOC(C)(C)/C=N/Nc1ccc([N+](=O)[O-])cc1[N+](=O)[O-]. The Labute approximate surface area is 120 Å². The Hall–Kier alpha value is -2.55. The van der Waals surface area contributed by atoms with Crippen LogP contribution in [0.15, 0.2) is 23.3 Å². The first-order valence-electron chi connectivity index (χ1n) is 6.14. The number of nitro groups is 2. The lowest BCUT2D eigenvalue weighted by Gasteiger charge is -2.18. The Balaban J connectivity index is 2.96. The molecule has 0 fully saturated rings. The number of rotatable bonds is 7. The number of non-ortho nitro benzene ring substituents is 1. The number of hydrogen-bond acceptors (Lipinski definition) is 7. The minimum absolute atomic E-state index is 0.0640. The van der Waals surface area contributed by atoms with Gasteiger partial charge in [-0.15, -0.1) is 0 Å². The second-order valence-corrected chi connectivity index (χ2v) is 4.62. The van der Waals surface area contributed by atoms with Gasteiger partial charge in [0.05, 0.1) is 27.7 Å². The van der Waals surface area contributed by atoms with Crippen LogP contribution in [-0.2, 0) is 4.74 Å². The number of anilines is 1. The molecular weight excluding hydrogens is 280 g/mol. The molecule has 0 saturated heterocycles. The summed E-state index contributed by atoms with van der Waals surface area (Å²) in [6.07, 6.45) is 1.46. The van der Waals surface area contributed by atoms with Crippen LogP contribution in [0.2, 0.25) is 0 Å². The van der Waals surface area contributed by atoms with E-state index in [1.54, 1.807) is 13.8 Å². The van der Waals surface area contributed by atoms with Crippen molar-refractivity contribution in [2.24, 2.45) is 5.10 Å². The van der Waals surface area contributed by atoms with Crippen molar-refractivity contribution in [3.05, 3.63) is 38.4 Å². The van der Waals surface area contributed by atoms with Crippen LogP contribution in [0.3, 0.4) is 0 Å². The summed E-state index contributed by atoms with van der Waals surface area (Å²) in [5, 5.41) is 25.4. The number of nitrogens with zero attached hydrogens (tertiary/aromatic N) is 3. The predicted octanol–water partition coefficient (Wildman–Crippen LogP) is 2.72. The lowest BCUT2D eigenvalue weighted by molar-refractivity contribution is -0.393. The Morgan fingerprint density at radius 2 is 2.00 bits per heavy atom. The van der Waals surface area contributed by atoms with E-state index in [2.05, 4.69) is 10.5 Å². The first-order chi connectivity index (χ1) is 9.76. The van der Waals surface area contributed by atoms with Crippen LogP contribution in [0, 0.1) is 20.2 Å². The van der Waals surface area contributed by atoms with E-state index in [0.717, 1.165) is 6.07 Å². The molecule has 0 aromatic heterocycles. The largest absolute Gasteiger partial charge is 0.370 e. The van der Waals surface area contributed by atoms with Crippen molar-refractivity contribution in [2.75, 3.05) is 12.0 Å². The van der Waals surface area contributed by atoms with Crippen molar-refractivity contribution < 1.29 is 14.6 Å². The molecule has 0 spiro atoms. The Kier molecular flexibility index (Phi) is 5.30. The molecule has 1 rings (SSSR count). The fourth-order valence-electron chi connectivity index (χ4n) is 1.55. The van der Waals surface area contributed by atoms with Gasteiger partial charge >= 0.3 is 5.69 Å². The topological polar surface area (TPSA) is 120 Å². The molecule has 0 bridgehead atoms. The minimum Gasteiger partial charge on any atom is -0.370 e. The average molecular weight is 296 g/mol. The average Bonchev–Trinajstić information content (AvgIpc) is 2.38. The molecule has 1 aromatic rings. The number of benzene rings is 1. The molecule has 9 heteroatoms. The smallest absolute Gasteiger partial charge is 0.301 e. The Bertz CT molecular complexity index is 571.